The van der Waals surface area contributed by atoms with Gasteiger partial charge in [-0.1, -0.05) is 30.3 Å². The molecule has 0 aliphatic heterocycles. The molecule has 2 N–H and O–H groups in total. The van der Waals surface area contributed by atoms with Crippen molar-refractivity contribution in [3.05, 3.63) is 89.0 Å². The number of carbonyl (C=O) groups excluding carboxylic acids is 3. The molecule has 0 aliphatic rings. The smallest absolute Gasteiger partial charge is 0.338 e. The van der Waals surface area contributed by atoms with Gasteiger partial charge in [-0.2, -0.15) is 0 Å². The summed E-state index contributed by atoms with van der Waals surface area (Å²) in [7, 11) is -3.98. The molecule has 0 aromatic heterocycles. The van der Waals surface area contributed by atoms with Gasteiger partial charge in [0.15, 0.2) is 11.9 Å². The zero-order chi connectivity index (χ0) is 25.8. The third-order valence-electron chi connectivity index (χ3n) is 5.17. The summed E-state index contributed by atoms with van der Waals surface area (Å²) >= 11 is 0. The molecule has 9 heteroatoms. The number of sulfonamides is 1. The Bertz CT molecular complexity index is 1400. The monoisotopic (exact) mass is 494 g/mol. The van der Waals surface area contributed by atoms with Crippen molar-refractivity contribution in [2.45, 2.75) is 38.7 Å². The predicted molar refractivity (Wildman–Crippen MR) is 133 cm³/mol. The van der Waals surface area contributed by atoms with E-state index in [0.29, 0.717) is 22.5 Å². The molecule has 1 atom stereocenters. The molecule has 35 heavy (non-hydrogen) atoms. The van der Waals surface area contributed by atoms with Crippen LogP contribution in [0.4, 0.5) is 11.4 Å². The normalized spacial score (nSPS) is 11.9. The lowest BCUT2D eigenvalue weighted by Crippen LogP contribution is -2.30. The van der Waals surface area contributed by atoms with E-state index in [4.69, 9.17) is 4.74 Å². The second-order valence-corrected chi connectivity index (χ2v) is 9.78. The quantitative estimate of drug-likeness (QED) is 0.352. The number of hydrogen-bond donors (Lipinski definition) is 2. The zero-order valence-electron chi connectivity index (χ0n) is 19.8. The number of ether oxygens (including phenoxy) is 1. The van der Waals surface area contributed by atoms with Gasteiger partial charge < -0.3 is 10.1 Å². The first-order valence-corrected chi connectivity index (χ1v) is 12.3. The Morgan fingerprint density at radius 1 is 0.857 bits per heavy atom. The highest BCUT2D eigenvalue weighted by atomic mass is 32.2. The topological polar surface area (TPSA) is 119 Å². The zero-order valence-corrected chi connectivity index (χ0v) is 20.6. The number of Topliss-reactive ketones (excluding diaryl/α,β-unsaturated/α-hetero) is 1. The predicted octanol–water partition coefficient (Wildman–Crippen LogP) is 4.49. The van der Waals surface area contributed by atoms with E-state index in [2.05, 4.69) is 10.0 Å². The minimum atomic E-state index is -3.98. The van der Waals surface area contributed by atoms with Crippen LogP contribution in [-0.4, -0.2) is 32.2 Å². The number of nitrogens with one attached hydrogen (secondary N) is 2. The SMILES string of the molecule is CC(=O)c1cccc(NC(=O)[C@@H](C)OC(=O)c2ccc(C)c(S(=O)(=O)Nc3cccc(C)c3)c2)c1. The van der Waals surface area contributed by atoms with Crippen LogP contribution in [0.1, 0.15) is 45.7 Å². The van der Waals surface area contributed by atoms with Crippen LogP contribution in [0.5, 0.6) is 0 Å². The second kappa shape index (κ2) is 10.5. The third-order valence-corrected chi connectivity index (χ3v) is 6.70. The Balaban J connectivity index is 1.74. The Morgan fingerprint density at radius 2 is 1.54 bits per heavy atom. The van der Waals surface area contributed by atoms with Crippen molar-refractivity contribution in [1.82, 2.24) is 0 Å². The number of hydrogen-bond acceptors (Lipinski definition) is 6. The molecule has 3 aromatic rings. The number of amides is 1. The number of carbonyl (C=O) groups is 3. The van der Waals surface area contributed by atoms with Crippen LogP contribution in [0.3, 0.4) is 0 Å². The van der Waals surface area contributed by atoms with Crippen molar-refractivity contribution >= 4 is 39.1 Å². The lowest BCUT2D eigenvalue weighted by molar-refractivity contribution is -0.123. The summed E-state index contributed by atoms with van der Waals surface area (Å²) in [5, 5.41) is 2.60. The molecule has 3 aromatic carbocycles. The summed E-state index contributed by atoms with van der Waals surface area (Å²) < 4.78 is 33.7. The maximum absolute atomic E-state index is 13.0. The van der Waals surface area contributed by atoms with Crippen LogP contribution in [0.2, 0.25) is 0 Å². The van der Waals surface area contributed by atoms with Crippen LogP contribution in [0.15, 0.2) is 71.6 Å². The number of esters is 1. The molecule has 0 fully saturated rings. The number of benzene rings is 3. The Hall–Kier alpha value is -3.98. The number of aryl methyl sites for hydroxylation is 2. The maximum Gasteiger partial charge on any atom is 0.338 e. The van der Waals surface area contributed by atoms with Crippen LogP contribution < -0.4 is 10.0 Å². The Labute approximate surface area is 204 Å². The number of ketones is 1. The van der Waals surface area contributed by atoms with Gasteiger partial charge in [-0.3, -0.25) is 14.3 Å². The fraction of sp³-hybridized carbons (Fsp3) is 0.192. The second-order valence-electron chi connectivity index (χ2n) is 8.13. The molecule has 0 aliphatic carbocycles. The molecule has 1 amide bonds. The average Bonchev–Trinajstić information content (AvgIpc) is 2.79. The molecule has 8 nitrogen and oxygen atoms in total. The summed E-state index contributed by atoms with van der Waals surface area (Å²) in [6.07, 6.45) is -1.17. The molecular weight excluding hydrogens is 468 g/mol. The molecule has 0 saturated carbocycles. The fourth-order valence-corrected chi connectivity index (χ4v) is 4.60. The largest absolute Gasteiger partial charge is 0.449 e. The molecular formula is C26H26N2O6S. The molecule has 0 bridgehead atoms. The number of anilines is 2. The number of rotatable bonds is 8. The third kappa shape index (κ3) is 6.54. The Morgan fingerprint density at radius 3 is 2.23 bits per heavy atom. The first kappa shape index (κ1) is 25.6. The van der Waals surface area contributed by atoms with Gasteiger partial charge in [0, 0.05) is 16.9 Å². The van der Waals surface area contributed by atoms with Crippen LogP contribution in [-0.2, 0) is 19.6 Å². The summed E-state index contributed by atoms with van der Waals surface area (Å²) in [6, 6.07) is 17.4. The first-order chi connectivity index (χ1) is 16.5. The van der Waals surface area contributed by atoms with E-state index in [1.807, 2.05) is 13.0 Å². The van der Waals surface area contributed by atoms with Gasteiger partial charge >= 0.3 is 5.97 Å². The van der Waals surface area contributed by atoms with Crippen LogP contribution in [0, 0.1) is 13.8 Å². The van der Waals surface area contributed by atoms with E-state index in [1.165, 1.54) is 38.1 Å². The first-order valence-electron chi connectivity index (χ1n) is 10.8. The highest BCUT2D eigenvalue weighted by Gasteiger charge is 2.23. The maximum atomic E-state index is 13.0. The van der Waals surface area contributed by atoms with E-state index in [0.717, 1.165) is 5.56 Å². The van der Waals surface area contributed by atoms with Gasteiger partial charge in [-0.15, -0.1) is 0 Å². The van der Waals surface area contributed by atoms with Gasteiger partial charge in [-0.05, 0) is 75.2 Å². The van der Waals surface area contributed by atoms with E-state index in [9.17, 15) is 22.8 Å². The molecule has 182 valence electrons. The van der Waals surface area contributed by atoms with Gasteiger partial charge in [0.2, 0.25) is 0 Å². The molecule has 0 radical (unpaired) electrons. The van der Waals surface area contributed by atoms with Gasteiger partial charge in [0.25, 0.3) is 15.9 Å². The lowest BCUT2D eigenvalue weighted by Gasteiger charge is -2.15. The van der Waals surface area contributed by atoms with Crippen molar-refractivity contribution in [1.29, 1.82) is 0 Å². The van der Waals surface area contributed by atoms with Crippen molar-refractivity contribution in [3.8, 4) is 0 Å². The lowest BCUT2D eigenvalue weighted by atomic mass is 10.1. The van der Waals surface area contributed by atoms with Crippen LogP contribution in [0.25, 0.3) is 0 Å². The van der Waals surface area contributed by atoms with Crippen molar-refractivity contribution in [2.75, 3.05) is 10.0 Å². The minimum absolute atomic E-state index is 0.0153. The average molecular weight is 495 g/mol. The summed E-state index contributed by atoms with van der Waals surface area (Å²) in [6.45, 7) is 6.27. The van der Waals surface area contributed by atoms with Crippen LogP contribution >= 0.6 is 0 Å². The van der Waals surface area contributed by atoms with E-state index < -0.39 is 28.0 Å². The minimum Gasteiger partial charge on any atom is -0.449 e. The molecule has 0 heterocycles. The highest BCUT2D eigenvalue weighted by Crippen LogP contribution is 2.22. The summed E-state index contributed by atoms with van der Waals surface area (Å²) in [5.74, 6) is -1.60. The summed E-state index contributed by atoms with van der Waals surface area (Å²) in [5.41, 5.74) is 2.53. The van der Waals surface area contributed by atoms with Gasteiger partial charge in [-0.25, -0.2) is 13.2 Å². The standard InChI is InChI=1S/C26H26N2O6S/c1-16-7-5-10-23(13-16)28-35(32,33)24-15-21(12-11-17(24)2)26(31)34-19(4)25(30)27-22-9-6-8-20(14-22)18(3)29/h5-15,19,28H,1-4H3,(H,27,30)/t19-/m1/s1. The molecule has 0 spiro atoms. The summed E-state index contributed by atoms with van der Waals surface area (Å²) in [4.78, 5) is 36.6. The Kier molecular flexibility index (Phi) is 7.71. The van der Waals surface area contributed by atoms with Crippen molar-refractivity contribution < 1.29 is 27.5 Å². The van der Waals surface area contributed by atoms with Crippen molar-refractivity contribution in [2.24, 2.45) is 0 Å². The van der Waals surface area contributed by atoms with Crippen molar-refractivity contribution in [3.63, 3.8) is 0 Å². The molecule has 0 saturated heterocycles. The van der Waals surface area contributed by atoms with E-state index in [-0.39, 0.29) is 16.2 Å². The fourth-order valence-electron chi connectivity index (χ4n) is 3.28. The van der Waals surface area contributed by atoms with E-state index >= 15 is 0 Å². The molecule has 0 unspecified atom stereocenters. The van der Waals surface area contributed by atoms with Gasteiger partial charge in [0.1, 0.15) is 0 Å². The molecule has 3 rings (SSSR count). The van der Waals surface area contributed by atoms with Gasteiger partial charge in [0.05, 0.1) is 10.5 Å². The highest BCUT2D eigenvalue weighted by molar-refractivity contribution is 7.92. The van der Waals surface area contributed by atoms with E-state index in [1.54, 1.807) is 43.3 Å².